The fourth-order valence-corrected chi connectivity index (χ4v) is 2.31. The summed E-state index contributed by atoms with van der Waals surface area (Å²) in [5.74, 6) is -1.81. The lowest BCUT2D eigenvalue weighted by molar-refractivity contribution is 0.0416. The predicted octanol–water partition coefficient (Wildman–Crippen LogP) is 3.02. The van der Waals surface area contributed by atoms with Gasteiger partial charge < -0.3 is 10.5 Å². The summed E-state index contributed by atoms with van der Waals surface area (Å²) in [5.41, 5.74) is 8.09. The summed E-state index contributed by atoms with van der Waals surface area (Å²) in [6.45, 7) is 7.13. The summed E-state index contributed by atoms with van der Waals surface area (Å²) in [5, 5.41) is 0.0835. The number of methoxy groups -OCH3 is 1. The second kappa shape index (κ2) is 8.41. The molecule has 0 radical (unpaired) electrons. The van der Waals surface area contributed by atoms with Crippen LogP contribution in [0.2, 0.25) is 5.02 Å². The molecule has 0 fully saturated rings. The number of carbonyl (C=O) groups excluding carboxylic acids is 1. The maximum absolute atomic E-state index is 14.6. The maximum atomic E-state index is 14.6. The van der Waals surface area contributed by atoms with Crippen molar-refractivity contribution >= 4 is 29.4 Å². The lowest BCUT2D eigenvalue weighted by Gasteiger charge is -2.12. The van der Waals surface area contributed by atoms with Gasteiger partial charge in [-0.15, -0.1) is 6.58 Å². The minimum absolute atomic E-state index is 0.0328. The zero-order valence-electron chi connectivity index (χ0n) is 13.9. The van der Waals surface area contributed by atoms with Crippen molar-refractivity contribution in [2.24, 2.45) is 0 Å². The van der Waals surface area contributed by atoms with Gasteiger partial charge in [-0.1, -0.05) is 30.3 Å². The SMILES string of the molecule is C=CCONC(=O)c1nc(-c2ccc(Cl)c(OC)c2F)nc(N)c1C=C. The first-order valence-corrected chi connectivity index (χ1v) is 7.67. The number of nitrogens with one attached hydrogen (secondary N) is 1. The largest absolute Gasteiger partial charge is 0.492 e. The van der Waals surface area contributed by atoms with Crippen LogP contribution in [0.25, 0.3) is 17.5 Å². The Morgan fingerprint density at radius 1 is 1.42 bits per heavy atom. The average molecular weight is 379 g/mol. The number of nitrogens with zero attached hydrogens (tertiary/aromatic N) is 2. The number of carbonyl (C=O) groups is 1. The molecule has 0 spiro atoms. The van der Waals surface area contributed by atoms with E-state index in [-0.39, 0.29) is 45.8 Å². The van der Waals surface area contributed by atoms with E-state index in [2.05, 4.69) is 28.6 Å². The zero-order valence-corrected chi connectivity index (χ0v) is 14.6. The summed E-state index contributed by atoms with van der Waals surface area (Å²) in [6.07, 6.45) is 2.77. The molecule has 0 bridgehead atoms. The van der Waals surface area contributed by atoms with Gasteiger partial charge in [-0.05, 0) is 12.1 Å². The average Bonchev–Trinajstić information content (AvgIpc) is 2.61. The van der Waals surface area contributed by atoms with E-state index >= 15 is 0 Å². The molecule has 0 atom stereocenters. The van der Waals surface area contributed by atoms with Crippen LogP contribution in [0.5, 0.6) is 5.75 Å². The smallest absolute Gasteiger partial charge is 0.294 e. The van der Waals surface area contributed by atoms with Gasteiger partial charge in [0.15, 0.2) is 17.4 Å². The Morgan fingerprint density at radius 3 is 2.77 bits per heavy atom. The first kappa shape index (κ1) is 19.4. The number of halogens is 2. The number of nitrogens with two attached hydrogens (primary N) is 1. The lowest BCUT2D eigenvalue weighted by atomic mass is 10.1. The molecule has 7 nitrogen and oxygen atoms in total. The van der Waals surface area contributed by atoms with E-state index in [0.717, 1.165) is 0 Å². The molecule has 0 unspecified atom stereocenters. The molecule has 0 aliphatic carbocycles. The molecule has 26 heavy (non-hydrogen) atoms. The number of anilines is 1. The molecule has 1 aromatic carbocycles. The number of hydrogen-bond acceptors (Lipinski definition) is 6. The quantitative estimate of drug-likeness (QED) is 0.436. The summed E-state index contributed by atoms with van der Waals surface area (Å²) in [6, 6.07) is 2.78. The van der Waals surface area contributed by atoms with Crippen LogP contribution in [-0.2, 0) is 4.84 Å². The van der Waals surface area contributed by atoms with E-state index in [1.165, 1.54) is 31.4 Å². The summed E-state index contributed by atoms with van der Waals surface area (Å²) in [4.78, 5) is 25.3. The van der Waals surface area contributed by atoms with E-state index in [0.29, 0.717) is 0 Å². The number of aromatic nitrogens is 2. The normalized spacial score (nSPS) is 10.3. The molecule has 1 aromatic heterocycles. The van der Waals surface area contributed by atoms with E-state index in [9.17, 15) is 9.18 Å². The van der Waals surface area contributed by atoms with Gasteiger partial charge in [0.1, 0.15) is 11.5 Å². The topological polar surface area (TPSA) is 99.4 Å². The Bertz CT molecular complexity index is 874. The summed E-state index contributed by atoms with van der Waals surface area (Å²) in [7, 11) is 1.28. The molecule has 136 valence electrons. The standard InChI is InChI=1S/C17H16ClFN4O3/c1-4-8-26-23-17(24)13-9(5-2)15(20)22-16(21-13)10-6-7-11(18)14(25-3)12(10)19/h4-7H,1-2,8H2,3H3,(H,23,24)(H2,20,21,22). The van der Waals surface area contributed by atoms with Crippen molar-refractivity contribution in [1.29, 1.82) is 0 Å². The third kappa shape index (κ3) is 3.81. The first-order chi connectivity index (χ1) is 12.4. The highest BCUT2D eigenvalue weighted by Gasteiger charge is 2.21. The number of ether oxygens (including phenoxy) is 1. The fourth-order valence-electron chi connectivity index (χ4n) is 2.09. The minimum Gasteiger partial charge on any atom is -0.492 e. The highest BCUT2D eigenvalue weighted by Crippen LogP contribution is 2.34. The van der Waals surface area contributed by atoms with Gasteiger partial charge in [-0.2, -0.15) is 0 Å². The van der Waals surface area contributed by atoms with Crippen molar-refractivity contribution in [2.75, 3.05) is 19.5 Å². The van der Waals surface area contributed by atoms with Crippen LogP contribution < -0.4 is 16.0 Å². The monoisotopic (exact) mass is 378 g/mol. The van der Waals surface area contributed by atoms with Gasteiger partial charge in [0.05, 0.1) is 24.3 Å². The summed E-state index contributed by atoms with van der Waals surface area (Å²) >= 11 is 5.89. The molecule has 0 aliphatic heterocycles. The number of hydroxylamine groups is 1. The number of hydrogen-bond donors (Lipinski definition) is 2. The molecule has 0 aliphatic rings. The molecule has 1 amide bonds. The van der Waals surface area contributed by atoms with Crippen LogP contribution in [0.4, 0.5) is 10.2 Å². The third-order valence-electron chi connectivity index (χ3n) is 3.25. The number of rotatable bonds is 7. The van der Waals surface area contributed by atoms with Crippen molar-refractivity contribution in [3.63, 3.8) is 0 Å². The third-order valence-corrected chi connectivity index (χ3v) is 3.55. The molecular formula is C17H16ClFN4O3. The molecule has 3 N–H and O–H groups in total. The molecule has 0 saturated heterocycles. The van der Waals surface area contributed by atoms with Crippen LogP contribution in [0.15, 0.2) is 31.4 Å². The van der Waals surface area contributed by atoms with Gasteiger partial charge in [0.2, 0.25) is 0 Å². The summed E-state index contributed by atoms with van der Waals surface area (Å²) < 4.78 is 19.6. The Kier molecular flexibility index (Phi) is 6.26. The van der Waals surface area contributed by atoms with E-state index in [1.807, 2.05) is 0 Å². The van der Waals surface area contributed by atoms with Crippen LogP contribution in [0, 0.1) is 5.82 Å². The maximum Gasteiger partial charge on any atom is 0.294 e. The van der Waals surface area contributed by atoms with Crippen molar-refractivity contribution in [3.8, 4) is 17.1 Å². The van der Waals surface area contributed by atoms with Gasteiger partial charge in [0, 0.05) is 5.56 Å². The van der Waals surface area contributed by atoms with Crippen molar-refractivity contribution in [1.82, 2.24) is 15.4 Å². The van der Waals surface area contributed by atoms with Crippen molar-refractivity contribution < 1.29 is 18.8 Å². The van der Waals surface area contributed by atoms with Gasteiger partial charge in [-0.3, -0.25) is 9.63 Å². The van der Waals surface area contributed by atoms with Crippen LogP contribution in [0.1, 0.15) is 16.1 Å². The molecule has 0 saturated carbocycles. The Hall–Kier alpha value is -2.97. The Balaban J connectivity index is 2.57. The lowest BCUT2D eigenvalue weighted by Crippen LogP contribution is -2.26. The van der Waals surface area contributed by atoms with Gasteiger partial charge in [-0.25, -0.2) is 19.8 Å². The zero-order chi connectivity index (χ0) is 19.3. The minimum atomic E-state index is -0.778. The first-order valence-electron chi connectivity index (χ1n) is 7.29. The Morgan fingerprint density at radius 2 is 2.15 bits per heavy atom. The second-order valence-electron chi connectivity index (χ2n) is 4.87. The number of benzene rings is 1. The van der Waals surface area contributed by atoms with E-state index in [1.54, 1.807) is 0 Å². The van der Waals surface area contributed by atoms with Gasteiger partial charge >= 0.3 is 0 Å². The van der Waals surface area contributed by atoms with Crippen molar-refractivity contribution in [3.05, 3.63) is 53.5 Å². The Labute approximate surface area is 154 Å². The van der Waals surface area contributed by atoms with Crippen LogP contribution >= 0.6 is 11.6 Å². The van der Waals surface area contributed by atoms with E-state index < -0.39 is 11.7 Å². The van der Waals surface area contributed by atoms with Gasteiger partial charge in [0.25, 0.3) is 5.91 Å². The molecular weight excluding hydrogens is 363 g/mol. The molecule has 2 aromatic rings. The van der Waals surface area contributed by atoms with Crippen molar-refractivity contribution in [2.45, 2.75) is 0 Å². The highest BCUT2D eigenvalue weighted by atomic mass is 35.5. The van der Waals surface area contributed by atoms with Crippen LogP contribution in [-0.4, -0.2) is 29.6 Å². The molecule has 9 heteroatoms. The van der Waals surface area contributed by atoms with E-state index in [4.69, 9.17) is 26.9 Å². The highest BCUT2D eigenvalue weighted by molar-refractivity contribution is 6.32. The molecule has 2 rings (SSSR count). The second-order valence-corrected chi connectivity index (χ2v) is 5.28. The fraction of sp³-hybridized carbons (Fsp3) is 0.118. The number of nitrogen functional groups attached to an aromatic ring is 1. The predicted molar refractivity (Wildman–Crippen MR) is 97.1 cm³/mol. The van der Waals surface area contributed by atoms with Crippen LogP contribution in [0.3, 0.4) is 0 Å². The number of amides is 1. The molecule has 1 heterocycles.